The number of piperidine rings is 1. The molecule has 1 saturated heterocycles. The molecule has 3 rings (SSSR count). The van der Waals surface area contributed by atoms with E-state index in [2.05, 4.69) is 26.5 Å². The van der Waals surface area contributed by atoms with Gasteiger partial charge in [-0.15, -0.1) is 6.58 Å². The van der Waals surface area contributed by atoms with Gasteiger partial charge in [0, 0.05) is 30.7 Å². The third-order valence-corrected chi connectivity index (χ3v) is 6.04. The van der Waals surface area contributed by atoms with Gasteiger partial charge in [-0.3, -0.25) is 9.59 Å². The molecule has 6 nitrogen and oxygen atoms in total. The third-order valence-electron chi connectivity index (χ3n) is 6.04. The van der Waals surface area contributed by atoms with Crippen molar-refractivity contribution in [2.24, 2.45) is 0 Å². The fraction of sp³-hybridized carbons (Fsp3) is 0.370. The van der Waals surface area contributed by atoms with Crippen molar-refractivity contribution in [2.75, 3.05) is 13.2 Å². The van der Waals surface area contributed by atoms with Gasteiger partial charge in [0.25, 0.3) is 11.8 Å². The maximum Gasteiger partial charge on any atom is 0.260 e. The van der Waals surface area contributed by atoms with Gasteiger partial charge < -0.3 is 14.5 Å². The largest absolute Gasteiger partial charge is 0.484 e. The van der Waals surface area contributed by atoms with Crippen molar-refractivity contribution in [1.29, 1.82) is 5.26 Å². The first kappa shape index (κ1) is 24.1. The van der Waals surface area contributed by atoms with E-state index < -0.39 is 0 Å². The highest BCUT2D eigenvalue weighted by molar-refractivity contribution is 5.94. The minimum atomic E-state index is -0.127. The summed E-state index contributed by atoms with van der Waals surface area (Å²) < 4.78 is 5.72. The van der Waals surface area contributed by atoms with Gasteiger partial charge in [-0.1, -0.05) is 18.2 Å². The van der Waals surface area contributed by atoms with Gasteiger partial charge in [0.05, 0.1) is 11.6 Å². The molecule has 0 radical (unpaired) electrons. The number of hydrogen-bond donors (Lipinski definition) is 0. The minimum absolute atomic E-state index is 0.00516. The highest BCUT2D eigenvalue weighted by Crippen LogP contribution is 2.23. The van der Waals surface area contributed by atoms with Crippen molar-refractivity contribution in [3.8, 4) is 11.8 Å². The van der Waals surface area contributed by atoms with E-state index in [1.54, 1.807) is 47.4 Å². The molecule has 1 aliphatic heterocycles. The molecule has 2 aromatic carbocycles. The molecule has 6 heteroatoms. The van der Waals surface area contributed by atoms with Gasteiger partial charge in [-0.05, 0) is 75.1 Å². The predicted octanol–water partition coefficient (Wildman–Crippen LogP) is 4.55. The van der Waals surface area contributed by atoms with Gasteiger partial charge >= 0.3 is 0 Å². The second-order valence-corrected chi connectivity index (χ2v) is 8.53. The van der Waals surface area contributed by atoms with E-state index in [0.717, 1.165) is 24.8 Å². The van der Waals surface area contributed by atoms with Crippen molar-refractivity contribution in [3.63, 3.8) is 0 Å². The van der Waals surface area contributed by atoms with Crippen LogP contribution in [-0.2, 0) is 11.3 Å². The predicted molar refractivity (Wildman–Crippen MR) is 128 cm³/mol. The molecule has 1 aliphatic rings. The molecule has 0 aliphatic carbocycles. The molecule has 0 saturated carbocycles. The van der Waals surface area contributed by atoms with Crippen molar-refractivity contribution in [1.82, 2.24) is 9.80 Å². The molecule has 0 aromatic heterocycles. The Balaban J connectivity index is 1.61. The number of amides is 2. The first-order chi connectivity index (χ1) is 15.9. The maximum atomic E-state index is 13.0. The quantitative estimate of drug-likeness (QED) is 0.559. The number of nitrogens with zero attached hydrogens (tertiary/aromatic N) is 3. The van der Waals surface area contributed by atoms with Gasteiger partial charge in [0.1, 0.15) is 5.75 Å². The molecule has 2 aromatic rings. The number of carbonyl (C=O) groups excluding carboxylic acids is 2. The lowest BCUT2D eigenvalue weighted by Crippen LogP contribution is -2.49. The Morgan fingerprint density at radius 1 is 1.12 bits per heavy atom. The van der Waals surface area contributed by atoms with Crippen LogP contribution in [0.25, 0.3) is 0 Å². The van der Waals surface area contributed by atoms with E-state index in [-0.39, 0.29) is 30.5 Å². The lowest BCUT2D eigenvalue weighted by Gasteiger charge is -2.38. The maximum absolute atomic E-state index is 13.0. The van der Waals surface area contributed by atoms with Crippen LogP contribution in [0.4, 0.5) is 0 Å². The molecule has 2 amide bonds. The van der Waals surface area contributed by atoms with Crippen LogP contribution in [-0.4, -0.2) is 46.8 Å². The second-order valence-electron chi connectivity index (χ2n) is 8.53. The Morgan fingerprint density at radius 3 is 2.33 bits per heavy atom. The number of hydrogen-bond acceptors (Lipinski definition) is 4. The molecular formula is C27H31N3O3. The van der Waals surface area contributed by atoms with Crippen LogP contribution in [0.5, 0.6) is 5.75 Å². The van der Waals surface area contributed by atoms with E-state index >= 15 is 0 Å². The van der Waals surface area contributed by atoms with Crippen LogP contribution in [0.3, 0.4) is 0 Å². The average Bonchev–Trinajstić information content (AvgIpc) is 2.82. The van der Waals surface area contributed by atoms with E-state index in [4.69, 9.17) is 10.00 Å². The summed E-state index contributed by atoms with van der Waals surface area (Å²) in [6.07, 6.45) is 4.89. The number of likely N-dealkylation sites (tertiary alicyclic amines) is 1. The second kappa shape index (κ2) is 11.3. The Hall–Kier alpha value is -3.59. The zero-order chi connectivity index (χ0) is 23.8. The first-order valence-electron chi connectivity index (χ1n) is 11.4. The van der Waals surface area contributed by atoms with Crippen LogP contribution in [0.1, 0.15) is 54.6 Å². The number of nitriles is 1. The van der Waals surface area contributed by atoms with E-state index in [0.29, 0.717) is 30.0 Å². The van der Waals surface area contributed by atoms with E-state index in [9.17, 15) is 9.59 Å². The summed E-state index contributed by atoms with van der Waals surface area (Å²) in [7, 11) is 0. The zero-order valence-corrected chi connectivity index (χ0v) is 19.4. The van der Waals surface area contributed by atoms with Crippen molar-refractivity contribution >= 4 is 11.8 Å². The third kappa shape index (κ3) is 6.23. The highest BCUT2D eigenvalue weighted by atomic mass is 16.5. The smallest absolute Gasteiger partial charge is 0.260 e. The summed E-state index contributed by atoms with van der Waals surface area (Å²) in [5.41, 5.74) is 2.05. The molecule has 2 atom stereocenters. The topological polar surface area (TPSA) is 73.6 Å². The van der Waals surface area contributed by atoms with Gasteiger partial charge in [-0.2, -0.15) is 5.26 Å². The van der Waals surface area contributed by atoms with Crippen LogP contribution in [0, 0.1) is 11.3 Å². The van der Waals surface area contributed by atoms with Gasteiger partial charge in [-0.25, -0.2) is 0 Å². The molecule has 1 fully saturated rings. The Labute approximate surface area is 196 Å². The summed E-state index contributed by atoms with van der Waals surface area (Å²) in [6, 6.07) is 16.6. The molecule has 2 unspecified atom stereocenters. The van der Waals surface area contributed by atoms with Gasteiger partial charge in [0.15, 0.2) is 6.61 Å². The van der Waals surface area contributed by atoms with Crippen LogP contribution in [0.15, 0.2) is 61.2 Å². The fourth-order valence-corrected chi connectivity index (χ4v) is 4.29. The fourth-order valence-electron chi connectivity index (χ4n) is 4.29. The number of benzene rings is 2. The van der Waals surface area contributed by atoms with Crippen molar-refractivity contribution < 1.29 is 14.3 Å². The number of carbonyl (C=O) groups is 2. The lowest BCUT2D eigenvalue weighted by atomic mass is 9.97. The highest BCUT2D eigenvalue weighted by Gasteiger charge is 2.29. The monoisotopic (exact) mass is 445 g/mol. The molecule has 33 heavy (non-hydrogen) atoms. The van der Waals surface area contributed by atoms with E-state index in [1.165, 1.54) is 0 Å². The first-order valence-corrected chi connectivity index (χ1v) is 11.4. The van der Waals surface area contributed by atoms with Crippen molar-refractivity contribution in [3.05, 3.63) is 77.9 Å². The summed E-state index contributed by atoms with van der Waals surface area (Å²) in [5, 5.41) is 8.95. The Kier molecular flexibility index (Phi) is 8.26. The number of ether oxygens (including phenoxy) is 1. The van der Waals surface area contributed by atoms with Crippen LogP contribution in [0.2, 0.25) is 0 Å². The average molecular weight is 446 g/mol. The Bertz CT molecular complexity index is 998. The standard InChI is InChI=1S/C27H31N3O3/c1-4-16-29(18-23-10-8-22(17-28)9-11-23)27(32)24-12-14-25(15-13-24)33-19-26(31)30-20(2)6-5-7-21(30)3/h4,8-15,20-21H,1,5-7,16,18-19H2,2-3H3. The molecule has 0 N–H and O–H groups in total. The summed E-state index contributed by atoms with van der Waals surface area (Å²) in [5.74, 6) is 0.423. The molecular weight excluding hydrogens is 414 g/mol. The SMILES string of the molecule is C=CCN(Cc1ccc(C#N)cc1)C(=O)c1ccc(OCC(=O)N2C(C)CCCC2C)cc1. The molecule has 172 valence electrons. The molecule has 1 heterocycles. The zero-order valence-electron chi connectivity index (χ0n) is 19.4. The lowest BCUT2D eigenvalue weighted by molar-refractivity contribution is -0.139. The summed E-state index contributed by atoms with van der Waals surface area (Å²) in [6.45, 7) is 8.73. The van der Waals surface area contributed by atoms with E-state index in [1.807, 2.05) is 17.0 Å². The summed E-state index contributed by atoms with van der Waals surface area (Å²) in [4.78, 5) is 29.3. The van der Waals surface area contributed by atoms with Crippen LogP contribution >= 0.6 is 0 Å². The molecule has 0 spiro atoms. The van der Waals surface area contributed by atoms with Gasteiger partial charge in [0.2, 0.25) is 0 Å². The minimum Gasteiger partial charge on any atom is -0.484 e. The Morgan fingerprint density at radius 2 is 1.76 bits per heavy atom. The molecule has 0 bridgehead atoms. The van der Waals surface area contributed by atoms with Crippen LogP contribution < -0.4 is 4.74 Å². The number of rotatable bonds is 8. The summed E-state index contributed by atoms with van der Waals surface area (Å²) >= 11 is 0. The van der Waals surface area contributed by atoms with Crippen molar-refractivity contribution in [2.45, 2.75) is 51.7 Å². The normalized spacial score (nSPS) is 17.7.